The van der Waals surface area contributed by atoms with E-state index in [4.69, 9.17) is 0 Å². The fourth-order valence-electron chi connectivity index (χ4n) is 7.56. The SMILES string of the molecule is Fc1c(F)c(F)c(-c2c3nc(c(-c4c(F)c(F)c(F)c(F)c4F)c4ccc([nH]4)c(-c4c(F)c(F)c(F)c(F)c4F)c4nc(c(-c5c(F)c(F)c(F)c(F)c5F)c5ccc2[nH]5)C=C4)C=C3)c(F)c1F.[Mn+3]. The number of halogens is 20. The number of benzene rings is 4. The van der Waals surface area contributed by atoms with Crippen LogP contribution >= 0.6 is 0 Å². The standard InChI is InChI=1S/C44H10F20N4.Mn/c45-25-21(26(46)34(54)41(61)33(25)53)17-9-1-2-10(65-9)18(22-27(47)35(55)42(62)36(56)28(22)48)12-5-6-14(67-12)20(24-31(51)39(59)44(64)40(60)32(24)52)16-8-7-15(68-16)19(13-4-3-11(17)66-13)23-29(49)37(57)43(63)38(58)30(23)50;/h1-8,65,68H;/q;+3. The minimum Gasteiger partial charge on any atom is -0.354 e. The first-order valence-electron chi connectivity index (χ1n) is 18.3. The average Bonchev–Trinajstić information content (AvgIpc) is 4.18. The van der Waals surface area contributed by atoms with Crippen molar-refractivity contribution in [3.8, 4) is 44.5 Å². The van der Waals surface area contributed by atoms with Crippen molar-refractivity contribution in [2.45, 2.75) is 0 Å². The number of H-pyrrole nitrogens is 2. The Hall–Kier alpha value is -7.40. The second-order valence-electron chi connectivity index (χ2n) is 14.3. The van der Waals surface area contributed by atoms with E-state index in [-0.39, 0.29) is 17.1 Å². The van der Waals surface area contributed by atoms with Gasteiger partial charge in [-0.1, -0.05) is 0 Å². The quantitative estimate of drug-likeness (QED) is 0.0799. The van der Waals surface area contributed by atoms with E-state index >= 15 is 35.1 Å². The van der Waals surface area contributed by atoms with Crippen LogP contribution in [-0.2, 0) is 17.1 Å². The fraction of sp³-hybridized carbons (Fsp3) is 0. The Morgan fingerprint density at radius 3 is 0.522 bits per heavy atom. The molecule has 9 rings (SSSR count). The van der Waals surface area contributed by atoms with Gasteiger partial charge in [-0.3, -0.25) is 0 Å². The molecule has 25 heteroatoms. The van der Waals surface area contributed by atoms with E-state index < -0.39 is 206 Å². The van der Waals surface area contributed by atoms with Crippen LogP contribution in [0.15, 0.2) is 24.3 Å². The van der Waals surface area contributed by atoms with E-state index in [2.05, 4.69) is 19.9 Å². The summed E-state index contributed by atoms with van der Waals surface area (Å²) in [6.07, 6.45) is 2.40. The normalized spacial score (nSPS) is 12.1. The van der Waals surface area contributed by atoms with Gasteiger partial charge >= 0.3 is 17.1 Å². The van der Waals surface area contributed by atoms with Gasteiger partial charge in [-0.05, 0) is 48.6 Å². The largest absolute Gasteiger partial charge is 3.00 e. The Labute approximate surface area is 378 Å². The molecule has 8 bridgehead atoms. The first-order valence-corrected chi connectivity index (χ1v) is 18.3. The van der Waals surface area contributed by atoms with E-state index in [0.717, 1.165) is 0 Å². The summed E-state index contributed by atoms with van der Waals surface area (Å²) in [7, 11) is 0. The number of nitrogens with one attached hydrogen (secondary N) is 2. The second-order valence-corrected chi connectivity index (χ2v) is 14.3. The van der Waals surface area contributed by atoms with Gasteiger partial charge in [-0.2, -0.15) is 0 Å². The van der Waals surface area contributed by atoms with E-state index in [1.165, 1.54) is 0 Å². The smallest absolute Gasteiger partial charge is 0.354 e. The van der Waals surface area contributed by atoms with E-state index in [1.54, 1.807) is 0 Å². The molecule has 2 aliphatic rings. The Kier molecular flexibility index (Phi) is 11.8. The molecule has 0 saturated heterocycles. The summed E-state index contributed by atoms with van der Waals surface area (Å²) >= 11 is 0. The maximum absolute atomic E-state index is 15.8. The van der Waals surface area contributed by atoms with E-state index in [0.29, 0.717) is 48.6 Å². The van der Waals surface area contributed by atoms with Crippen molar-refractivity contribution in [2.24, 2.45) is 0 Å². The topological polar surface area (TPSA) is 57.4 Å². The molecule has 4 nitrogen and oxygen atoms in total. The van der Waals surface area contributed by atoms with Gasteiger partial charge in [0, 0.05) is 44.3 Å². The summed E-state index contributed by atoms with van der Waals surface area (Å²) < 4.78 is 303. The average molecular weight is 1030 g/mol. The molecule has 0 atom stereocenters. The second kappa shape index (κ2) is 17.0. The Balaban J connectivity index is 0.00000642. The minimum absolute atomic E-state index is 0. The molecule has 7 aromatic rings. The third-order valence-electron chi connectivity index (χ3n) is 10.6. The molecule has 0 fully saturated rings. The van der Waals surface area contributed by atoms with Gasteiger partial charge in [0.2, 0.25) is 23.3 Å². The van der Waals surface area contributed by atoms with Crippen LogP contribution in [0.1, 0.15) is 22.8 Å². The molecular weight excluding hydrogens is 1020 g/mol. The zero-order valence-corrected chi connectivity index (χ0v) is 33.6. The molecule has 2 aliphatic heterocycles. The van der Waals surface area contributed by atoms with Crippen molar-refractivity contribution in [3.63, 3.8) is 0 Å². The van der Waals surface area contributed by atoms with Crippen LogP contribution < -0.4 is 0 Å². The summed E-state index contributed by atoms with van der Waals surface area (Å²) in [5.41, 5.74) is -20.5. The van der Waals surface area contributed by atoms with Crippen molar-refractivity contribution < 1.29 is 105 Å². The Bertz CT molecular complexity index is 3120. The first kappa shape index (κ1) is 48.1. The number of hydrogen-bond acceptors (Lipinski definition) is 2. The molecule has 0 unspecified atom stereocenters. The number of nitrogens with zero attached hydrogens (tertiary/aromatic N) is 2. The summed E-state index contributed by atoms with van der Waals surface area (Å²) in [4.78, 5) is 12.3. The summed E-state index contributed by atoms with van der Waals surface area (Å²) in [5, 5.41) is 0. The van der Waals surface area contributed by atoms with Crippen LogP contribution in [0, 0.1) is 116 Å². The number of aromatic nitrogens is 4. The molecule has 0 saturated carbocycles. The van der Waals surface area contributed by atoms with Gasteiger partial charge in [-0.25, -0.2) is 97.8 Å². The summed E-state index contributed by atoms with van der Waals surface area (Å²) in [5.74, 6) is -52.6. The minimum atomic E-state index is -2.72. The molecular formula is C44H10F20MnN4+3. The molecule has 4 aromatic carbocycles. The van der Waals surface area contributed by atoms with Crippen molar-refractivity contribution in [3.05, 3.63) is 163 Å². The van der Waals surface area contributed by atoms with Crippen molar-refractivity contribution in [1.82, 2.24) is 19.9 Å². The molecule has 0 radical (unpaired) electrons. The number of aromatic amines is 2. The molecule has 0 amide bonds. The van der Waals surface area contributed by atoms with Crippen LogP contribution in [-0.4, -0.2) is 19.9 Å². The molecule has 5 heterocycles. The Morgan fingerprint density at radius 2 is 0.362 bits per heavy atom. The van der Waals surface area contributed by atoms with Gasteiger partial charge in [0.1, 0.15) is 0 Å². The molecule has 69 heavy (non-hydrogen) atoms. The number of fused-ring (bicyclic) bond motifs is 8. The molecule has 350 valence electrons. The zero-order chi connectivity index (χ0) is 49.3. The van der Waals surface area contributed by atoms with Crippen LogP contribution in [0.4, 0.5) is 87.8 Å². The van der Waals surface area contributed by atoms with Crippen LogP contribution in [0.5, 0.6) is 0 Å². The van der Waals surface area contributed by atoms with Crippen molar-refractivity contribution in [1.29, 1.82) is 0 Å². The molecule has 0 spiro atoms. The van der Waals surface area contributed by atoms with E-state index in [9.17, 15) is 52.7 Å². The van der Waals surface area contributed by atoms with Gasteiger partial charge < -0.3 is 9.97 Å². The van der Waals surface area contributed by atoms with Gasteiger partial charge in [-0.15, -0.1) is 0 Å². The Morgan fingerprint density at radius 1 is 0.217 bits per heavy atom. The zero-order valence-electron chi connectivity index (χ0n) is 32.5. The third kappa shape index (κ3) is 6.99. The maximum Gasteiger partial charge on any atom is 3.00 e. The summed E-state index contributed by atoms with van der Waals surface area (Å²) in [6, 6.07) is 2.51. The van der Waals surface area contributed by atoms with Crippen LogP contribution in [0.25, 0.3) is 90.9 Å². The third-order valence-corrected chi connectivity index (χ3v) is 10.6. The predicted molar refractivity (Wildman–Crippen MR) is 200 cm³/mol. The van der Waals surface area contributed by atoms with E-state index in [1.807, 2.05) is 0 Å². The van der Waals surface area contributed by atoms with Crippen LogP contribution in [0.3, 0.4) is 0 Å². The number of rotatable bonds is 4. The molecule has 0 aliphatic carbocycles. The first-order chi connectivity index (χ1) is 32.1. The van der Waals surface area contributed by atoms with Gasteiger partial charge in [0.05, 0.1) is 45.0 Å². The predicted octanol–water partition coefficient (Wildman–Crippen LogP) is 14.1. The maximum atomic E-state index is 15.8. The van der Waals surface area contributed by atoms with Crippen molar-refractivity contribution in [2.75, 3.05) is 0 Å². The fourth-order valence-corrected chi connectivity index (χ4v) is 7.56. The summed E-state index contributed by atoms with van der Waals surface area (Å²) in [6.45, 7) is 0. The van der Waals surface area contributed by atoms with Crippen molar-refractivity contribution >= 4 is 46.4 Å². The van der Waals surface area contributed by atoms with Gasteiger partial charge in [0.15, 0.2) is 93.1 Å². The van der Waals surface area contributed by atoms with Gasteiger partial charge in [0.25, 0.3) is 0 Å². The number of hydrogen-bond donors (Lipinski definition) is 2. The van der Waals surface area contributed by atoms with Crippen LogP contribution in [0.2, 0.25) is 0 Å². The molecule has 2 N–H and O–H groups in total. The molecule has 3 aromatic heterocycles. The monoisotopic (exact) mass is 1030 g/mol.